The SMILES string of the molecule is CCCCc1ccc2c(c1)CC(c1cc(OC)ccc1OC)N2. The van der Waals surface area contributed by atoms with E-state index in [1.54, 1.807) is 14.2 Å². The third kappa shape index (κ3) is 3.29. The molecule has 0 aliphatic carbocycles. The van der Waals surface area contributed by atoms with Crippen molar-refractivity contribution in [3.8, 4) is 11.5 Å². The Kier molecular flexibility index (Phi) is 4.75. The van der Waals surface area contributed by atoms with E-state index < -0.39 is 0 Å². The van der Waals surface area contributed by atoms with Crippen LogP contribution in [0.1, 0.15) is 42.5 Å². The molecule has 122 valence electrons. The highest BCUT2D eigenvalue weighted by molar-refractivity contribution is 5.61. The molecule has 0 fully saturated rings. The molecule has 0 radical (unpaired) electrons. The molecule has 0 amide bonds. The number of anilines is 1. The Balaban J connectivity index is 1.84. The van der Waals surface area contributed by atoms with Gasteiger partial charge in [-0.05, 0) is 54.7 Å². The summed E-state index contributed by atoms with van der Waals surface area (Å²) < 4.78 is 10.9. The van der Waals surface area contributed by atoms with Crippen LogP contribution in [0.15, 0.2) is 36.4 Å². The topological polar surface area (TPSA) is 30.5 Å². The molecule has 1 unspecified atom stereocenters. The summed E-state index contributed by atoms with van der Waals surface area (Å²) in [5.74, 6) is 1.77. The Bertz CT molecular complexity index is 681. The predicted octanol–water partition coefficient (Wildman–Crippen LogP) is 4.76. The Hall–Kier alpha value is -2.16. The van der Waals surface area contributed by atoms with Crippen LogP contribution >= 0.6 is 0 Å². The van der Waals surface area contributed by atoms with Gasteiger partial charge in [0.1, 0.15) is 11.5 Å². The minimum absolute atomic E-state index is 0.233. The van der Waals surface area contributed by atoms with Crippen molar-refractivity contribution in [1.29, 1.82) is 0 Å². The number of ether oxygens (including phenoxy) is 2. The molecule has 0 spiro atoms. The summed E-state index contributed by atoms with van der Waals surface area (Å²) in [4.78, 5) is 0. The highest BCUT2D eigenvalue weighted by atomic mass is 16.5. The van der Waals surface area contributed by atoms with E-state index in [4.69, 9.17) is 9.47 Å². The van der Waals surface area contributed by atoms with Gasteiger partial charge >= 0.3 is 0 Å². The van der Waals surface area contributed by atoms with Gasteiger partial charge in [-0.3, -0.25) is 0 Å². The molecule has 3 rings (SSSR count). The zero-order valence-electron chi connectivity index (χ0n) is 14.2. The normalized spacial score (nSPS) is 15.9. The Morgan fingerprint density at radius 1 is 1.09 bits per heavy atom. The molecule has 1 N–H and O–H groups in total. The van der Waals surface area contributed by atoms with Crippen LogP contribution in [-0.2, 0) is 12.8 Å². The first kappa shape index (κ1) is 15.7. The van der Waals surface area contributed by atoms with Gasteiger partial charge in [0.25, 0.3) is 0 Å². The molecule has 1 heterocycles. The van der Waals surface area contributed by atoms with E-state index in [0.717, 1.165) is 29.9 Å². The summed E-state index contributed by atoms with van der Waals surface area (Å²) in [5, 5.41) is 3.62. The fraction of sp³-hybridized carbons (Fsp3) is 0.400. The van der Waals surface area contributed by atoms with Crippen molar-refractivity contribution in [2.24, 2.45) is 0 Å². The molecule has 0 aromatic heterocycles. The van der Waals surface area contributed by atoms with Crippen molar-refractivity contribution in [2.75, 3.05) is 19.5 Å². The maximum atomic E-state index is 5.54. The second-order valence-electron chi connectivity index (χ2n) is 6.10. The smallest absolute Gasteiger partial charge is 0.124 e. The van der Waals surface area contributed by atoms with Crippen LogP contribution in [-0.4, -0.2) is 14.2 Å². The summed E-state index contributed by atoms with van der Waals surface area (Å²) in [6.45, 7) is 2.24. The van der Waals surface area contributed by atoms with Gasteiger partial charge in [0.05, 0.1) is 20.3 Å². The fourth-order valence-corrected chi connectivity index (χ4v) is 3.25. The third-order valence-electron chi connectivity index (χ3n) is 4.55. The van der Waals surface area contributed by atoms with Crippen molar-refractivity contribution in [3.05, 3.63) is 53.1 Å². The second-order valence-corrected chi connectivity index (χ2v) is 6.10. The van der Waals surface area contributed by atoms with E-state index in [2.05, 4.69) is 36.5 Å². The summed E-state index contributed by atoms with van der Waals surface area (Å²) in [7, 11) is 3.42. The molecule has 2 aromatic rings. The van der Waals surface area contributed by atoms with E-state index in [0.29, 0.717) is 0 Å². The largest absolute Gasteiger partial charge is 0.497 e. The van der Waals surface area contributed by atoms with E-state index in [-0.39, 0.29) is 6.04 Å². The summed E-state index contributed by atoms with van der Waals surface area (Å²) >= 11 is 0. The van der Waals surface area contributed by atoms with Crippen LogP contribution in [0.4, 0.5) is 5.69 Å². The minimum atomic E-state index is 0.233. The van der Waals surface area contributed by atoms with Gasteiger partial charge in [0, 0.05) is 11.3 Å². The molecule has 23 heavy (non-hydrogen) atoms. The van der Waals surface area contributed by atoms with Crippen LogP contribution in [0.3, 0.4) is 0 Å². The maximum Gasteiger partial charge on any atom is 0.124 e. The number of nitrogens with one attached hydrogen (secondary N) is 1. The quantitative estimate of drug-likeness (QED) is 0.834. The first-order chi connectivity index (χ1) is 11.2. The number of fused-ring (bicyclic) bond motifs is 1. The lowest BCUT2D eigenvalue weighted by molar-refractivity contribution is 0.396. The van der Waals surface area contributed by atoms with Crippen LogP contribution in [0.25, 0.3) is 0 Å². The lowest BCUT2D eigenvalue weighted by Crippen LogP contribution is -2.07. The number of methoxy groups -OCH3 is 2. The van der Waals surface area contributed by atoms with Crippen molar-refractivity contribution < 1.29 is 9.47 Å². The monoisotopic (exact) mass is 311 g/mol. The molecule has 3 nitrogen and oxygen atoms in total. The van der Waals surface area contributed by atoms with Gasteiger partial charge in [0.15, 0.2) is 0 Å². The first-order valence-electron chi connectivity index (χ1n) is 8.35. The van der Waals surface area contributed by atoms with Gasteiger partial charge in [-0.15, -0.1) is 0 Å². The highest BCUT2D eigenvalue weighted by Crippen LogP contribution is 2.39. The third-order valence-corrected chi connectivity index (χ3v) is 4.55. The average Bonchev–Trinajstić information content (AvgIpc) is 3.02. The lowest BCUT2D eigenvalue weighted by atomic mass is 9.99. The molecule has 0 saturated heterocycles. The van der Waals surface area contributed by atoms with Crippen molar-refractivity contribution >= 4 is 5.69 Å². The van der Waals surface area contributed by atoms with Crippen LogP contribution < -0.4 is 14.8 Å². The molecular weight excluding hydrogens is 286 g/mol. The van der Waals surface area contributed by atoms with Crippen LogP contribution in [0, 0.1) is 0 Å². The molecule has 1 atom stereocenters. The Morgan fingerprint density at radius 2 is 1.96 bits per heavy atom. The molecule has 1 aliphatic rings. The van der Waals surface area contributed by atoms with Crippen molar-refractivity contribution in [3.63, 3.8) is 0 Å². The second kappa shape index (κ2) is 6.95. The predicted molar refractivity (Wildman–Crippen MR) is 94.7 cm³/mol. The average molecular weight is 311 g/mol. The number of hydrogen-bond donors (Lipinski definition) is 1. The van der Waals surface area contributed by atoms with Gasteiger partial charge in [-0.25, -0.2) is 0 Å². The summed E-state index contributed by atoms with van der Waals surface area (Å²) in [5.41, 5.74) is 5.22. The number of rotatable bonds is 6. The fourth-order valence-electron chi connectivity index (χ4n) is 3.25. The number of unbranched alkanes of at least 4 members (excludes halogenated alkanes) is 1. The zero-order chi connectivity index (χ0) is 16.2. The molecule has 0 saturated carbocycles. The lowest BCUT2D eigenvalue weighted by Gasteiger charge is -2.16. The number of aryl methyl sites for hydroxylation is 1. The Labute approximate surface area is 138 Å². The summed E-state index contributed by atoms with van der Waals surface area (Å²) in [6.07, 6.45) is 4.63. The van der Waals surface area contributed by atoms with Crippen molar-refractivity contribution in [2.45, 2.75) is 38.6 Å². The minimum Gasteiger partial charge on any atom is -0.497 e. The van der Waals surface area contributed by atoms with E-state index >= 15 is 0 Å². The molecule has 3 heteroatoms. The number of benzene rings is 2. The van der Waals surface area contributed by atoms with Crippen LogP contribution in [0.5, 0.6) is 11.5 Å². The highest BCUT2D eigenvalue weighted by Gasteiger charge is 2.25. The first-order valence-corrected chi connectivity index (χ1v) is 8.35. The standard InChI is InChI=1S/C20H25NO2/c1-4-5-6-14-7-9-18-15(11-14)12-19(21-18)17-13-16(22-2)8-10-20(17)23-3/h7-11,13,19,21H,4-6,12H2,1-3H3. The Morgan fingerprint density at radius 3 is 2.70 bits per heavy atom. The number of hydrogen-bond acceptors (Lipinski definition) is 3. The van der Waals surface area contributed by atoms with Gasteiger partial charge < -0.3 is 14.8 Å². The van der Waals surface area contributed by atoms with E-state index in [1.807, 2.05) is 12.1 Å². The van der Waals surface area contributed by atoms with Gasteiger partial charge in [-0.1, -0.05) is 25.5 Å². The maximum absolute atomic E-state index is 5.54. The van der Waals surface area contributed by atoms with Gasteiger partial charge in [0.2, 0.25) is 0 Å². The summed E-state index contributed by atoms with van der Waals surface area (Å²) in [6, 6.07) is 13.0. The molecule has 2 aromatic carbocycles. The van der Waals surface area contributed by atoms with Gasteiger partial charge in [-0.2, -0.15) is 0 Å². The molecule has 0 bridgehead atoms. The molecule has 1 aliphatic heterocycles. The van der Waals surface area contributed by atoms with Crippen molar-refractivity contribution in [1.82, 2.24) is 0 Å². The van der Waals surface area contributed by atoms with E-state index in [1.165, 1.54) is 29.7 Å². The van der Waals surface area contributed by atoms with E-state index in [9.17, 15) is 0 Å². The zero-order valence-corrected chi connectivity index (χ0v) is 14.2. The van der Waals surface area contributed by atoms with Crippen LogP contribution in [0.2, 0.25) is 0 Å². The molecular formula is C20H25NO2.